The largest absolute Gasteiger partial charge is 0.357 e. The quantitative estimate of drug-likeness (QED) is 0.805. The van der Waals surface area contributed by atoms with Gasteiger partial charge < -0.3 is 9.88 Å². The van der Waals surface area contributed by atoms with Crippen LogP contribution in [-0.4, -0.2) is 38.0 Å². The van der Waals surface area contributed by atoms with Crippen LogP contribution in [0.1, 0.15) is 24.5 Å². The molecule has 0 saturated carbocycles. The van der Waals surface area contributed by atoms with Crippen LogP contribution >= 0.6 is 0 Å². The molecule has 1 aliphatic heterocycles. The fraction of sp³-hybridized carbons (Fsp3) is 0.294. The van der Waals surface area contributed by atoms with Gasteiger partial charge in [-0.2, -0.15) is 0 Å². The lowest BCUT2D eigenvalue weighted by atomic mass is 9.91. The number of nitrogens with one attached hydrogen (secondary N) is 1. The molecule has 1 fully saturated rings. The van der Waals surface area contributed by atoms with Gasteiger partial charge in [0.1, 0.15) is 11.5 Å². The van der Waals surface area contributed by atoms with Gasteiger partial charge in [0.2, 0.25) is 0 Å². The molecule has 6 nitrogen and oxygen atoms in total. The summed E-state index contributed by atoms with van der Waals surface area (Å²) >= 11 is 0. The van der Waals surface area contributed by atoms with Crippen LogP contribution in [0.4, 0.5) is 5.82 Å². The van der Waals surface area contributed by atoms with Gasteiger partial charge in [0.05, 0.1) is 5.69 Å². The molecule has 0 unspecified atom stereocenters. The van der Waals surface area contributed by atoms with E-state index in [1.165, 1.54) is 0 Å². The number of anilines is 1. The number of piperidine rings is 1. The Kier molecular flexibility index (Phi) is 3.71. The maximum absolute atomic E-state index is 4.60. The van der Waals surface area contributed by atoms with Gasteiger partial charge in [-0.25, -0.2) is 15.0 Å². The van der Waals surface area contributed by atoms with E-state index in [2.05, 4.69) is 35.9 Å². The lowest BCUT2D eigenvalue weighted by molar-refractivity contribution is 0.493. The maximum atomic E-state index is 4.60. The third-order valence-corrected chi connectivity index (χ3v) is 4.30. The lowest BCUT2D eigenvalue weighted by Crippen LogP contribution is -2.33. The standard InChI is InChI=1S/C17H18N6/c1-2-6-18-14(3-1)23-11-4-13(5-12-23)15-16(20-8-7-19-15)17-21-9-10-22-17/h1-3,6-10,13H,4-5,11-12H2,(H,21,22). The van der Waals surface area contributed by atoms with E-state index in [1.54, 1.807) is 18.6 Å². The van der Waals surface area contributed by atoms with Gasteiger partial charge in [0, 0.05) is 50.0 Å². The Labute approximate surface area is 134 Å². The third-order valence-electron chi connectivity index (χ3n) is 4.30. The van der Waals surface area contributed by atoms with Gasteiger partial charge in [0.25, 0.3) is 0 Å². The van der Waals surface area contributed by atoms with Crippen molar-refractivity contribution in [2.24, 2.45) is 0 Å². The predicted octanol–water partition coefficient (Wildman–Crippen LogP) is 2.65. The number of aromatic nitrogens is 5. The Bertz CT molecular complexity index is 748. The molecular weight excluding hydrogens is 288 g/mol. The molecule has 0 bridgehead atoms. The summed E-state index contributed by atoms with van der Waals surface area (Å²) in [5.74, 6) is 2.25. The van der Waals surface area contributed by atoms with Gasteiger partial charge in [0.15, 0.2) is 5.82 Å². The summed E-state index contributed by atoms with van der Waals surface area (Å²) < 4.78 is 0. The van der Waals surface area contributed by atoms with E-state index in [0.29, 0.717) is 5.92 Å². The van der Waals surface area contributed by atoms with E-state index in [0.717, 1.165) is 49.0 Å². The summed E-state index contributed by atoms with van der Waals surface area (Å²) in [7, 11) is 0. The van der Waals surface area contributed by atoms with Crippen LogP contribution in [0, 0.1) is 0 Å². The molecule has 0 amide bonds. The molecule has 0 radical (unpaired) electrons. The average Bonchev–Trinajstić information content (AvgIpc) is 3.17. The Morgan fingerprint density at radius 2 is 1.78 bits per heavy atom. The summed E-state index contributed by atoms with van der Waals surface area (Å²) in [6.07, 6.45) is 11.0. The average molecular weight is 306 g/mol. The maximum Gasteiger partial charge on any atom is 0.157 e. The Hall–Kier alpha value is -2.76. The molecule has 6 heteroatoms. The van der Waals surface area contributed by atoms with Crippen molar-refractivity contribution in [3.63, 3.8) is 0 Å². The van der Waals surface area contributed by atoms with E-state index in [4.69, 9.17) is 0 Å². The van der Waals surface area contributed by atoms with Gasteiger partial charge >= 0.3 is 0 Å². The zero-order valence-electron chi connectivity index (χ0n) is 12.8. The molecule has 1 saturated heterocycles. The van der Waals surface area contributed by atoms with E-state index < -0.39 is 0 Å². The van der Waals surface area contributed by atoms with E-state index >= 15 is 0 Å². The van der Waals surface area contributed by atoms with Gasteiger partial charge in [-0.05, 0) is 25.0 Å². The number of pyridine rings is 1. The van der Waals surface area contributed by atoms with Crippen molar-refractivity contribution in [1.29, 1.82) is 0 Å². The van der Waals surface area contributed by atoms with Crippen molar-refractivity contribution in [3.05, 3.63) is 54.9 Å². The smallest absolute Gasteiger partial charge is 0.157 e. The third kappa shape index (κ3) is 2.79. The number of hydrogen-bond acceptors (Lipinski definition) is 5. The minimum absolute atomic E-state index is 0.406. The number of imidazole rings is 1. The van der Waals surface area contributed by atoms with Gasteiger partial charge in [-0.15, -0.1) is 0 Å². The topological polar surface area (TPSA) is 70.6 Å². The van der Waals surface area contributed by atoms with Crippen molar-refractivity contribution in [2.75, 3.05) is 18.0 Å². The molecule has 1 N–H and O–H groups in total. The fourth-order valence-electron chi connectivity index (χ4n) is 3.15. The van der Waals surface area contributed by atoms with Crippen molar-refractivity contribution in [1.82, 2.24) is 24.9 Å². The van der Waals surface area contributed by atoms with Crippen molar-refractivity contribution < 1.29 is 0 Å². The molecule has 3 aromatic rings. The summed E-state index contributed by atoms with van der Waals surface area (Å²) in [5, 5.41) is 0. The van der Waals surface area contributed by atoms with Gasteiger partial charge in [-0.1, -0.05) is 6.07 Å². The Morgan fingerprint density at radius 3 is 2.52 bits per heavy atom. The molecular formula is C17H18N6. The number of rotatable bonds is 3. The molecule has 1 aliphatic rings. The second-order valence-electron chi connectivity index (χ2n) is 5.68. The summed E-state index contributed by atoms with van der Waals surface area (Å²) in [5.41, 5.74) is 1.91. The Morgan fingerprint density at radius 1 is 0.913 bits per heavy atom. The van der Waals surface area contributed by atoms with E-state index in [1.807, 2.05) is 24.5 Å². The first-order valence-electron chi connectivity index (χ1n) is 7.88. The molecule has 23 heavy (non-hydrogen) atoms. The molecule has 4 rings (SSSR count). The highest BCUT2D eigenvalue weighted by atomic mass is 15.2. The summed E-state index contributed by atoms with van der Waals surface area (Å²) in [6.45, 7) is 1.96. The monoisotopic (exact) mass is 306 g/mol. The first-order valence-corrected chi connectivity index (χ1v) is 7.88. The first kappa shape index (κ1) is 13.9. The Balaban J connectivity index is 1.53. The molecule has 0 aromatic carbocycles. The van der Waals surface area contributed by atoms with Crippen LogP contribution in [-0.2, 0) is 0 Å². The zero-order chi connectivity index (χ0) is 15.5. The van der Waals surface area contributed by atoms with Crippen LogP contribution < -0.4 is 4.90 Å². The van der Waals surface area contributed by atoms with Crippen molar-refractivity contribution in [2.45, 2.75) is 18.8 Å². The number of hydrogen-bond donors (Lipinski definition) is 1. The molecule has 4 heterocycles. The minimum atomic E-state index is 0.406. The number of H-pyrrole nitrogens is 1. The van der Waals surface area contributed by atoms with Crippen LogP contribution in [0.3, 0.4) is 0 Å². The van der Waals surface area contributed by atoms with Crippen LogP contribution in [0.15, 0.2) is 49.2 Å². The molecule has 0 aliphatic carbocycles. The van der Waals surface area contributed by atoms with Crippen molar-refractivity contribution in [3.8, 4) is 11.5 Å². The van der Waals surface area contributed by atoms with E-state index in [9.17, 15) is 0 Å². The minimum Gasteiger partial charge on any atom is -0.357 e. The van der Waals surface area contributed by atoms with Crippen molar-refractivity contribution >= 4 is 5.82 Å². The SMILES string of the molecule is c1ccc(N2CCC(c3nccnc3-c3ncc[nH]3)CC2)nc1. The molecule has 0 atom stereocenters. The number of aromatic amines is 1. The summed E-state index contributed by atoms with van der Waals surface area (Å²) in [6, 6.07) is 6.05. The number of nitrogens with zero attached hydrogens (tertiary/aromatic N) is 5. The fourth-order valence-corrected chi connectivity index (χ4v) is 3.15. The van der Waals surface area contributed by atoms with Gasteiger partial charge in [-0.3, -0.25) is 4.98 Å². The molecule has 0 spiro atoms. The molecule has 116 valence electrons. The second kappa shape index (κ2) is 6.16. The highest BCUT2D eigenvalue weighted by molar-refractivity contribution is 5.53. The normalized spacial score (nSPS) is 15.7. The molecule has 3 aromatic heterocycles. The zero-order valence-corrected chi connectivity index (χ0v) is 12.8. The lowest BCUT2D eigenvalue weighted by Gasteiger charge is -2.32. The first-order chi connectivity index (χ1) is 11.4. The highest BCUT2D eigenvalue weighted by Crippen LogP contribution is 2.32. The predicted molar refractivity (Wildman–Crippen MR) is 88.0 cm³/mol. The van der Waals surface area contributed by atoms with Crippen LogP contribution in [0.25, 0.3) is 11.5 Å². The highest BCUT2D eigenvalue weighted by Gasteiger charge is 2.25. The van der Waals surface area contributed by atoms with Crippen LogP contribution in [0.2, 0.25) is 0 Å². The second-order valence-corrected chi connectivity index (χ2v) is 5.68. The van der Waals surface area contributed by atoms with Crippen LogP contribution in [0.5, 0.6) is 0 Å². The summed E-state index contributed by atoms with van der Waals surface area (Å²) in [4.78, 5) is 23.3. The van der Waals surface area contributed by atoms with E-state index in [-0.39, 0.29) is 0 Å².